The van der Waals surface area contributed by atoms with Crippen molar-refractivity contribution in [3.63, 3.8) is 0 Å². The van der Waals surface area contributed by atoms with Gasteiger partial charge in [-0.15, -0.1) is 0 Å². The van der Waals surface area contributed by atoms with E-state index in [0.717, 1.165) is 12.1 Å². The van der Waals surface area contributed by atoms with E-state index in [9.17, 15) is 18.0 Å². The van der Waals surface area contributed by atoms with Gasteiger partial charge >= 0.3 is 12.0 Å². The Morgan fingerprint density at radius 2 is 1.90 bits per heavy atom. The number of carboxylic acid groups (broad SMARTS) is 1. The first-order valence-electron chi connectivity index (χ1n) is 5.40. The van der Waals surface area contributed by atoms with E-state index in [1.165, 1.54) is 6.07 Å². The molecule has 0 aromatic heterocycles. The lowest BCUT2D eigenvalue weighted by Gasteiger charge is -2.10. The zero-order valence-corrected chi connectivity index (χ0v) is 11.1. The minimum Gasteiger partial charge on any atom is -0.478 e. The Morgan fingerprint density at radius 1 is 1.25 bits per heavy atom. The van der Waals surface area contributed by atoms with Crippen molar-refractivity contribution in [2.45, 2.75) is 4.90 Å². The molecule has 1 rings (SSSR count). The van der Waals surface area contributed by atoms with E-state index in [-0.39, 0.29) is 18.8 Å². The Bertz CT molecular complexity index is 629. The SMILES string of the molecule is NC(=O)NCCNS(=O)(=O)c1cc(N)ccc1C(=O)O. The van der Waals surface area contributed by atoms with Crippen LogP contribution < -0.4 is 21.5 Å². The summed E-state index contributed by atoms with van der Waals surface area (Å²) >= 11 is 0. The molecule has 0 aliphatic heterocycles. The van der Waals surface area contributed by atoms with Crippen molar-refractivity contribution in [2.24, 2.45) is 5.73 Å². The van der Waals surface area contributed by atoms with Crippen molar-refractivity contribution < 1.29 is 23.1 Å². The summed E-state index contributed by atoms with van der Waals surface area (Å²) in [4.78, 5) is 21.0. The Balaban J connectivity index is 2.94. The summed E-state index contributed by atoms with van der Waals surface area (Å²) in [5.74, 6) is -1.39. The third-order valence-corrected chi connectivity index (χ3v) is 3.74. The third kappa shape index (κ3) is 4.10. The van der Waals surface area contributed by atoms with Gasteiger partial charge < -0.3 is 21.9 Å². The molecule has 0 radical (unpaired) electrons. The first-order chi connectivity index (χ1) is 9.24. The molecular weight excluding hydrogens is 288 g/mol. The molecule has 2 amide bonds. The molecule has 10 heteroatoms. The van der Waals surface area contributed by atoms with Crippen molar-refractivity contribution in [3.8, 4) is 0 Å². The molecule has 0 bridgehead atoms. The highest BCUT2D eigenvalue weighted by atomic mass is 32.2. The van der Waals surface area contributed by atoms with E-state index in [2.05, 4.69) is 10.0 Å². The topological polar surface area (TPSA) is 165 Å². The molecule has 0 saturated carbocycles. The minimum atomic E-state index is -4.06. The highest BCUT2D eigenvalue weighted by Crippen LogP contribution is 2.19. The van der Waals surface area contributed by atoms with Crippen LogP contribution in [-0.2, 0) is 10.0 Å². The van der Waals surface area contributed by atoms with Crippen LogP contribution in [0.5, 0.6) is 0 Å². The zero-order chi connectivity index (χ0) is 15.3. The molecule has 0 atom stereocenters. The largest absolute Gasteiger partial charge is 0.478 e. The monoisotopic (exact) mass is 302 g/mol. The van der Waals surface area contributed by atoms with Gasteiger partial charge in [-0.05, 0) is 18.2 Å². The fourth-order valence-corrected chi connectivity index (χ4v) is 2.65. The molecule has 110 valence electrons. The van der Waals surface area contributed by atoms with Crippen molar-refractivity contribution >= 4 is 27.7 Å². The van der Waals surface area contributed by atoms with Gasteiger partial charge in [-0.3, -0.25) is 0 Å². The van der Waals surface area contributed by atoms with Gasteiger partial charge in [0, 0.05) is 18.8 Å². The number of anilines is 1. The van der Waals surface area contributed by atoms with E-state index in [1.807, 2.05) is 0 Å². The van der Waals surface area contributed by atoms with Crippen LogP contribution in [0.4, 0.5) is 10.5 Å². The molecule has 20 heavy (non-hydrogen) atoms. The van der Waals surface area contributed by atoms with Crippen LogP contribution in [-0.4, -0.2) is 38.6 Å². The van der Waals surface area contributed by atoms with Crippen LogP contribution in [0.25, 0.3) is 0 Å². The number of primary amides is 1. The molecule has 9 nitrogen and oxygen atoms in total. The van der Waals surface area contributed by atoms with Crippen LogP contribution in [0.15, 0.2) is 23.1 Å². The second-order valence-electron chi connectivity index (χ2n) is 3.75. The first kappa shape index (κ1) is 15.7. The predicted octanol–water partition coefficient (Wildman–Crippen LogP) is -1.09. The summed E-state index contributed by atoms with van der Waals surface area (Å²) in [7, 11) is -4.06. The Morgan fingerprint density at radius 3 is 2.45 bits per heavy atom. The van der Waals surface area contributed by atoms with Crippen LogP contribution in [0.1, 0.15) is 10.4 Å². The second kappa shape index (κ2) is 6.21. The van der Waals surface area contributed by atoms with E-state index < -0.39 is 32.5 Å². The maximum absolute atomic E-state index is 12.0. The number of nitrogen functional groups attached to an aromatic ring is 1. The lowest BCUT2D eigenvalue weighted by atomic mass is 10.2. The Labute approximate surface area is 115 Å². The molecule has 0 fully saturated rings. The number of nitrogens with one attached hydrogen (secondary N) is 2. The summed E-state index contributed by atoms with van der Waals surface area (Å²) in [5.41, 5.74) is 10.00. The van der Waals surface area contributed by atoms with Gasteiger partial charge in [0.25, 0.3) is 0 Å². The van der Waals surface area contributed by atoms with Crippen molar-refractivity contribution in [2.75, 3.05) is 18.8 Å². The fourth-order valence-electron chi connectivity index (χ4n) is 1.39. The van der Waals surface area contributed by atoms with E-state index >= 15 is 0 Å². The van der Waals surface area contributed by atoms with Gasteiger partial charge in [0.15, 0.2) is 0 Å². The van der Waals surface area contributed by atoms with Crippen LogP contribution >= 0.6 is 0 Å². The van der Waals surface area contributed by atoms with Gasteiger partial charge in [0.2, 0.25) is 10.0 Å². The van der Waals surface area contributed by atoms with Crippen molar-refractivity contribution in [1.29, 1.82) is 0 Å². The maximum atomic E-state index is 12.0. The standard InChI is InChI=1S/C10H14N4O5S/c11-6-1-2-7(9(15)16)8(5-6)20(18,19)14-4-3-13-10(12)17/h1-2,5,14H,3-4,11H2,(H,15,16)(H3,12,13,17). The quantitative estimate of drug-likeness (QED) is 0.331. The van der Waals surface area contributed by atoms with Gasteiger partial charge in [0.05, 0.1) is 10.5 Å². The van der Waals surface area contributed by atoms with Crippen molar-refractivity contribution in [3.05, 3.63) is 23.8 Å². The summed E-state index contributed by atoms with van der Waals surface area (Å²) in [5, 5.41) is 11.1. The molecule has 1 aromatic rings. The van der Waals surface area contributed by atoms with Gasteiger partial charge in [-0.2, -0.15) is 0 Å². The molecular formula is C10H14N4O5S. The number of hydrogen-bond donors (Lipinski definition) is 5. The highest BCUT2D eigenvalue weighted by Gasteiger charge is 2.22. The number of carboxylic acids is 1. The van der Waals surface area contributed by atoms with Gasteiger partial charge in [-0.1, -0.05) is 0 Å². The molecule has 0 aliphatic rings. The summed E-state index contributed by atoms with van der Waals surface area (Å²) in [6, 6.07) is 2.65. The molecule has 0 saturated heterocycles. The van der Waals surface area contributed by atoms with E-state index in [4.69, 9.17) is 16.6 Å². The van der Waals surface area contributed by atoms with Crippen LogP contribution in [0, 0.1) is 0 Å². The molecule has 0 spiro atoms. The smallest absolute Gasteiger partial charge is 0.337 e. The highest BCUT2D eigenvalue weighted by molar-refractivity contribution is 7.89. The second-order valence-corrected chi connectivity index (χ2v) is 5.48. The average molecular weight is 302 g/mol. The summed E-state index contributed by atoms with van der Waals surface area (Å²) < 4.78 is 26.1. The summed E-state index contributed by atoms with van der Waals surface area (Å²) in [6.07, 6.45) is 0. The van der Waals surface area contributed by atoms with E-state index in [1.54, 1.807) is 0 Å². The number of sulfonamides is 1. The fraction of sp³-hybridized carbons (Fsp3) is 0.200. The zero-order valence-electron chi connectivity index (χ0n) is 10.3. The van der Waals surface area contributed by atoms with Crippen molar-refractivity contribution in [1.82, 2.24) is 10.0 Å². The molecule has 0 unspecified atom stereocenters. The normalized spacial score (nSPS) is 11.0. The van der Waals surface area contributed by atoms with E-state index in [0.29, 0.717) is 0 Å². The average Bonchev–Trinajstić information content (AvgIpc) is 2.34. The molecule has 1 aromatic carbocycles. The number of urea groups is 1. The number of amides is 2. The van der Waals surface area contributed by atoms with Crippen LogP contribution in [0.3, 0.4) is 0 Å². The predicted molar refractivity (Wildman–Crippen MR) is 70.6 cm³/mol. The number of rotatable bonds is 6. The first-order valence-corrected chi connectivity index (χ1v) is 6.88. The number of carbonyl (C=O) groups is 2. The number of aromatic carboxylic acids is 1. The lowest BCUT2D eigenvalue weighted by molar-refractivity contribution is 0.0692. The number of nitrogens with two attached hydrogens (primary N) is 2. The molecule has 7 N–H and O–H groups in total. The maximum Gasteiger partial charge on any atom is 0.337 e. The number of carbonyl (C=O) groups excluding carboxylic acids is 1. The van der Waals surface area contributed by atoms with Crippen LogP contribution in [0.2, 0.25) is 0 Å². The Kier molecular flexibility index (Phi) is 4.88. The lowest BCUT2D eigenvalue weighted by Crippen LogP contribution is -2.37. The Hall–Kier alpha value is -2.33. The molecule has 0 heterocycles. The number of hydrogen-bond acceptors (Lipinski definition) is 5. The summed E-state index contributed by atoms with van der Waals surface area (Å²) in [6.45, 7) is -0.168. The number of benzene rings is 1. The molecule has 0 aliphatic carbocycles. The third-order valence-electron chi connectivity index (χ3n) is 2.24. The minimum absolute atomic E-state index is 0.0285. The van der Waals surface area contributed by atoms with Gasteiger partial charge in [0.1, 0.15) is 0 Å². The van der Waals surface area contributed by atoms with Gasteiger partial charge in [-0.25, -0.2) is 22.7 Å².